The molecule has 102 valence electrons. The number of methoxy groups -OCH3 is 1. The third kappa shape index (κ3) is 3.91. The predicted octanol–water partition coefficient (Wildman–Crippen LogP) is 1.24. The van der Waals surface area contributed by atoms with Crippen molar-refractivity contribution in [2.75, 3.05) is 40.5 Å². The Labute approximate surface area is 105 Å². The van der Waals surface area contributed by atoms with Gasteiger partial charge in [0.1, 0.15) is 0 Å². The number of ether oxygens (including phenoxy) is 2. The molecule has 1 heterocycles. The van der Waals surface area contributed by atoms with E-state index in [0.717, 1.165) is 19.6 Å². The fourth-order valence-electron chi connectivity index (χ4n) is 2.56. The van der Waals surface area contributed by atoms with Gasteiger partial charge in [0.2, 0.25) is 0 Å². The lowest BCUT2D eigenvalue weighted by molar-refractivity contribution is -0.0399. The average Bonchev–Trinajstić information content (AvgIpc) is 2.37. The number of likely N-dealkylation sites (N-methyl/N-ethyl adjacent to an activating group) is 1. The zero-order chi connectivity index (χ0) is 12.7. The van der Waals surface area contributed by atoms with Gasteiger partial charge in [0.25, 0.3) is 0 Å². The van der Waals surface area contributed by atoms with Gasteiger partial charge in [-0.15, -0.1) is 0 Å². The number of hydrogen-bond acceptors (Lipinski definition) is 4. The van der Waals surface area contributed by atoms with Gasteiger partial charge in [-0.1, -0.05) is 6.92 Å². The monoisotopic (exact) mass is 244 g/mol. The minimum atomic E-state index is -0.0461. The van der Waals surface area contributed by atoms with E-state index in [1.54, 1.807) is 7.11 Å². The van der Waals surface area contributed by atoms with E-state index in [9.17, 15) is 0 Å². The van der Waals surface area contributed by atoms with Gasteiger partial charge in [0, 0.05) is 26.8 Å². The second-order valence-electron chi connectivity index (χ2n) is 5.08. The van der Waals surface area contributed by atoms with Crippen LogP contribution in [0, 0.1) is 0 Å². The first kappa shape index (κ1) is 14.9. The Balaban J connectivity index is 2.53. The zero-order valence-corrected chi connectivity index (χ0v) is 11.6. The van der Waals surface area contributed by atoms with Crippen molar-refractivity contribution in [3.05, 3.63) is 0 Å². The molecule has 1 saturated heterocycles. The summed E-state index contributed by atoms with van der Waals surface area (Å²) in [5.74, 6) is 0. The number of rotatable bonds is 7. The summed E-state index contributed by atoms with van der Waals surface area (Å²) in [4.78, 5) is 2.33. The van der Waals surface area contributed by atoms with Crippen LogP contribution in [-0.2, 0) is 9.47 Å². The van der Waals surface area contributed by atoms with Gasteiger partial charge in [-0.2, -0.15) is 0 Å². The van der Waals surface area contributed by atoms with Crippen molar-refractivity contribution >= 4 is 0 Å². The summed E-state index contributed by atoms with van der Waals surface area (Å²) in [6.07, 6.45) is 5.02. The van der Waals surface area contributed by atoms with E-state index in [4.69, 9.17) is 15.2 Å². The van der Waals surface area contributed by atoms with E-state index >= 15 is 0 Å². The van der Waals surface area contributed by atoms with Crippen molar-refractivity contribution < 1.29 is 9.47 Å². The minimum Gasteiger partial charge on any atom is -0.383 e. The molecule has 0 aromatic heterocycles. The summed E-state index contributed by atoms with van der Waals surface area (Å²) < 4.78 is 11.1. The molecular formula is C13H28N2O2. The van der Waals surface area contributed by atoms with Gasteiger partial charge < -0.3 is 15.2 Å². The second-order valence-corrected chi connectivity index (χ2v) is 5.08. The molecule has 0 aromatic carbocycles. The number of hydrogen-bond donors (Lipinski definition) is 1. The number of nitrogens with zero attached hydrogens (tertiary/aromatic N) is 1. The lowest BCUT2D eigenvalue weighted by Gasteiger charge is -2.42. The summed E-state index contributed by atoms with van der Waals surface area (Å²) in [5.41, 5.74) is 5.90. The molecule has 0 amide bonds. The molecule has 0 spiro atoms. The summed E-state index contributed by atoms with van der Waals surface area (Å²) in [6.45, 7) is 5.34. The Kier molecular flexibility index (Phi) is 6.41. The summed E-state index contributed by atoms with van der Waals surface area (Å²) in [7, 11) is 3.87. The fraction of sp³-hybridized carbons (Fsp3) is 1.00. The van der Waals surface area contributed by atoms with E-state index in [1.165, 1.54) is 19.3 Å². The quantitative estimate of drug-likeness (QED) is 0.732. The lowest BCUT2D eigenvalue weighted by atomic mass is 9.94. The Bertz CT molecular complexity index is 202. The van der Waals surface area contributed by atoms with Crippen LogP contribution in [0.5, 0.6) is 0 Å². The SMILES string of the molecule is CCC(CN)(COC)N(C)CC1CCCCO1. The van der Waals surface area contributed by atoms with Gasteiger partial charge in [0.15, 0.2) is 0 Å². The van der Waals surface area contributed by atoms with Crippen molar-refractivity contribution in [2.45, 2.75) is 44.2 Å². The molecule has 0 bridgehead atoms. The molecule has 0 aliphatic carbocycles. The lowest BCUT2D eigenvalue weighted by Crippen LogP contribution is -2.57. The summed E-state index contributed by atoms with van der Waals surface area (Å²) in [6, 6.07) is 0. The minimum absolute atomic E-state index is 0.0461. The van der Waals surface area contributed by atoms with Crippen molar-refractivity contribution in [3.63, 3.8) is 0 Å². The maximum absolute atomic E-state index is 5.95. The second kappa shape index (κ2) is 7.31. The Morgan fingerprint density at radius 1 is 1.47 bits per heavy atom. The molecule has 17 heavy (non-hydrogen) atoms. The highest BCUT2D eigenvalue weighted by atomic mass is 16.5. The standard InChI is InChI=1S/C13H28N2O2/c1-4-13(10-14,11-16-3)15(2)9-12-7-5-6-8-17-12/h12H,4-11,14H2,1-3H3. The van der Waals surface area contributed by atoms with Crippen LogP contribution in [-0.4, -0.2) is 57.0 Å². The van der Waals surface area contributed by atoms with Crippen LogP contribution in [0.1, 0.15) is 32.6 Å². The Hall–Kier alpha value is -0.160. The van der Waals surface area contributed by atoms with E-state index in [2.05, 4.69) is 18.9 Å². The Morgan fingerprint density at radius 2 is 2.24 bits per heavy atom. The van der Waals surface area contributed by atoms with Gasteiger partial charge in [-0.25, -0.2) is 0 Å². The highest BCUT2D eigenvalue weighted by Crippen LogP contribution is 2.21. The van der Waals surface area contributed by atoms with Gasteiger partial charge >= 0.3 is 0 Å². The van der Waals surface area contributed by atoms with Crippen molar-refractivity contribution in [2.24, 2.45) is 5.73 Å². The van der Waals surface area contributed by atoms with Crippen LogP contribution >= 0.6 is 0 Å². The average molecular weight is 244 g/mol. The van der Waals surface area contributed by atoms with E-state index in [0.29, 0.717) is 19.3 Å². The van der Waals surface area contributed by atoms with Crippen molar-refractivity contribution in [1.82, 2.24) is 4.90 Å². The molecule has 2 atom stereocenters. The fourth-order valence-corrected chi connectivity index (χ4v) is 2.56. The molecule has 1 aliphatic heterocycles. The van der Waals surface area contributed by atoms with Crippen LogP contribution in [0.2, 0.25) is 0 Å². The smallest absolute Gasteiger partial charge is 0.0702 e. The zero-order valence-electron chi connectivity index (χ0n) is 11.6. The molecule has 1 fully saturated rings. The molecule has 4 nitrogen and oxygen atoms in total. The molecule has 0 aromatic rings. The van der Waals surface area contributed by atoms with Crippen LogP contribution in [0.15, 0.2) is 0 Å². The first-order valence-corrected chi connectivity index (χ1v) is 6.70. The molecule has 4 heteroatoms. The third-order valence-electron chi connectivity index (χ3n) is 4.01. The molecule has 0 radical (unpaired) electrons. The molecular weight excluding hydrogens is 216 g/mol. The largest absolute Gasteiger partial charge is 0.383 e. The first-order chi connectivity index (χ1) is 8.18. The topological polar surface area (TPSA) is 47.7 Å². The van der Waals surface area contributed by atoms with Crippen LogP contribution in [0.4, 0.5) is 0 Å². The van der Waals surface area contributed by atoms with Crippen molar-refractivity contribution in [1.29, 1.82) is 0 Å². The van der Waals surface area contributed by atoms with E-state index in [1.807, 2.05) is 0 Å². The molecule has 2 N–H and O–H groups in total. The molecule has 1 aliphatic rings. The normalized spacial score (nSPS) is 24.9. The van der Waals surface area contributed by atoms with Gasteiger partial charge in [-0.05, 0) is 32.7 Å². The van der Waals surface area contributed by atoms with Crippen molar-refractivity contribution in [3.8, 4) is 0 Å². The molecule has 2 unspecified atom stereocenters. The van der Waals surface area contributed by atoms with Crippen LogP contribution in [0.3, 0.4) is 0 Å². The highest BCUT2D eigenvalue weighted by Gasteiger charge is 2.33. The molecule has 1 rings (SSSR count). The number of nitrogens with two attached hydrogens (primary N) is 1. The van der Waals surface area contributed by atoms with E-state index in [-0.39, 0.29) is 5.54 Å². The van der Waals surface area contributed by atoms with E-state index < -0.39 is 0 Å². The Morgan fingerprint density at radius 3 is 2.71 bits per heavy atom. The summed E-state index contributed by atoms with van der Waals surface area (Å²) >= 11 is 0. The summed E-state index contributed by atoms with van der Waals surface area (Å²) in [5, 5.41) is 0. The third-order valence-corrected chi connectivity index (χ3v) is 4.01. The molecule has 0 saturated carbocycles. The van der Waals surface area contributed by atoms with Gasteiger partial charge in [0.05, 0.1) is 18.2 Å². The maximum atomic E-state index is 5.95. The predicted molar refractivity (Wildman–Crippen MR) is 70.2 cm³/mol. The van der Waals surface area contributed by atoms with Crippen LogP contribution < -0.4 is 5.73 Å². The first-order valence-electron chi connectivity index (χ1n) is 6.70. The van der Waals surface area contributed by atoms with Crippen LogP contribution in [0.25, 0.3) is 0 Å². The van der Waals surface area contributed by atoms with Gasteiger partial charge in [-0.3, -0.25) is 4.90 Å². The maximum Gasteiger partial charge on any atom is 0.0702 e. The highest BCUT2D eigenvalue weighted by molar-refractivity contribution is 4.90.